The summed E-state index contributed by atoms with van der Waals surface area (Å²) in [6, 6.07) is 14.2. The highest BCUT2D eigenvalue weighted by molar-refractivity contribution is 7.80. The van der Waals surface area contributed by atoms with E-state index in [-0.39, 0.29) is 48.7 Å². The smallest absolute Gasteiger partial charge is 0.254 e. The average Bonchev–Trinajstić information content (AvgIpc) is 2.78. The zero-order chi connectivity index (χ0) is 22.2. The Kier molecular flexibility index (Phi) is 13.1. The lowest BCUT2D eigenvalue weighted by molar-refractivity contribution is -0.118. The third-order valence-corrected chi connectivity index (χ3v) is 6.42. The standard InChI is InChI=1S/C24H34N4O2S.2ClH/c1-18(29)26-12-5-4-9-21-16-28(14-13-27(21)15-20(25)17-31)24(30)23-11-6-8-19-7-2-3-10-22(19)23;;/h2-3,6-8,10-11,20-21,31H,4-5,9,12-17,25H2,1H3,(H,26,29);2*1H. The van der Waals surface area contributed by atoms with Crippen molar-refractivity contribution in [2.24, 2.45) is 5.73 Å². The summed E-state index contributed by atoms with van der Waals surface area (Å²) in [6.07, 6.45) is 2.89. The Morgan fingerprint density at radius 1 is 1.12 bits per heavy atom. The highest BCUT2D eigenvalue weighted by atomic mass is 35.5. The summed E-state index contributed by atoms with van der Waals surface area (Å²) in [7, 11) is 0. The van der Waals surface area contributed by atoms with Crippen molar-refractivity contribution >= 4 is 60.0 Å². The van der Waals surface area contributed by atoms with Crippen molar-refractivity contribution in [2.45, 2.75) is 38.3 Å². The van der Waals surface area contributed by atoms with E-state index in [1.54, 1.807) is 6.92 Å². The Labute approximate surface area is 214 Å². The van der Waals surface area contributed by atoms with Gasteiger partial charge in [0.2, 0.25) is 5.91 Å². The minimum absolute atomic E-state index is 0. The molecule has 1 heterocycles. The van der Waals surface area contributed by atoms with Crippen LogP contribution in [0.25, 0.3) is 10.8 Å². The van der Waals surface area contributed by atoms with Crippen LogP contribution in [0.3, 0.4) is 0 Å². The molecule has 1 aliphatic heterocycles. The van der Waals surface area contributed by atoms with Gasteiger partial charge in [0.1, 0.15) is 0 Å². The van der Waals surface area contributed by atoms with Gasteiger partial charge in [-0.05, 0) is 29.7 Å². The topological polar surface area (TPSA) is 78.7 Å². The number of thiol groups is 1. The van der Waals surface area contributed by atoms with Gasteiger partial charge < -0.3 is 16.0 Å². The number of halogens is 2. The fourth-order valence-electron chi connectivity index (χ4n) is 4.30. The Bertz CT molecular complexity index is 896. The van der Waals surface area contributed by atoms with Crippen LogP contribution >= 0.6 is 37.4 Å². The molecule has 3 rings (SSSR count). The molecular formula is C24H36Cl2N4O2S. The number of hydrogen-bond acceptors (Lipinski definition) is 5. The van der Waals surface area contributed by atoms with Crippen LogP contribution in [0.5, 0.6) is 0 Å². The first-order valence-corrected chi connectivity index (χ1v) is 11.7. The summed E-state index contributed by atoms with van der Waals surface area (Å²) in [6.45, 7) is 5.23. The Morgan fingerprint density at radius 3 is 2.58 bits per heavy atom. The van der Waals surface area contributed by atoms with Crippen molar-refractivity contribution in [3.05, 3.63) is 48.0 Å². The second-order valence-corrected chi connectivity index (χ2v) is 8.71. The van der Waals surface area contributed by atoms with Crippen molar-refractivity contribution in [3.8, 4) is 0 Å². The monoisotopic (exact) mass is 514 g/mol. The second-order valence-electron chi connectivity index (χ2n) is 8.35. The summed E-state index contributed by atoms with van der Waals surface area (Å²) in [4.78, 5) is 28.9. The molecule has 0 bridgehead atoms. The van der Waals surface area contributed by atoms with Crippen LogP contribution in [-0.4, -0.2) is 72.2 Å². The average molecular weight is 516 g/mol. The van der Waals surface area contributed by atoms with Crippen molar-refractivity contribution in [1.29, 1.82) is 0 Å². The van der Waals surface area contributed by atoms with Crippen LogP contribution in [0, 0.1) is 0 Å². The number of benzene rings is 2. The summed E-state index contributed by atoms with van der Waals surface area (Å²) < 4.78 is 0. The normalized spacial score (nSPS) is 17.1. The van der Waals surface area contributed by atoms with E-state index in [0.717, 1.165) is 48.7 Å². The molecule has 0 spiro atoms. The van der Waals surface area contributed by atoms with E-state index in [1.165, 1.54) is 0 Å². The Hall–Kier alpha value is -1.51. The number of nitrogens with two attached hydrogens (primary N) is 1. The molecule has 0 saturated carbocycles. The first-order chi connectivity index (χ1) is 15.0. The van der Waals surface area contributed by atoms with E-state index in [0.29, 0.717) is 25.4 Å². The largest absolute Gasteiger partial charge is 0.356 e. The lowest BCUT2D eigenvalue weighted by atomic mass is 10.0. The number of carbonyl (C=O) groups is 2. The van der Waals surface area contributed by atoms with Gasteiger partial charge in [-0.1, -0.05) is 42.8 Å². The summed E-state index contributed by atoms with van der Waals surface area (Å²) >= 11 is 4.34. The summed E-state index contributed by atoms with van der Waals surface area (Å²) in [5.74, 6) is 0.744. The minimum Gasteiger partial charge on any atom is -0.356 e. The number of amides is 2. The molecule has 3 N–H and O–H groups in total. The maximum atomic E-state index is 13.4. The lowest BCUT2D eigenvalue weighted by Gasteiger charge is -2.42. The van der Waals surface area contributed by atoms with E-state index < -0.39 is 0 Å². The molecule has 184 valence electrons. The van der Waals surface area contributed by atoms with Crippen molar-refractivity contribution in [2.75, 3.05) is 38.5 Å². The van der Waals surface area contributed by atoms with Crippen molar-refractivity contribution in [1.82, 2.24) is 15.1 Å². The molecule has 0 radical (unpaired) electrons. The number of piperazine rings is 1. The predicted octanol–water partition coefficient (Wildman–Crippen LogP) is 3.37. The fourth-order valence-corrected chi connectivity index (χ4v) is 4.42. The number of unbranched alkanes of at least 4 members (excludes halogenated alkanes) is 1. The first-order valence-electron chi connectivity index (χ1n) is 11.1. The third kappa shape index (κ3) is 8.34. The maximum Gasteiger partial charge on any atom is 0.254 e. The molecule has 1 aliphatic rings. The van der Waals surface area contributed by atoms with E-state index >= 15 is 0 Å². The van der Waals surface area contributed by atoms with Gasteiger partial charge in [0.05, 0.1) is 0 Å². The van der Waals surface area contributed by atoms with Crippen LogP contribution in [0.4, 0.5) is 0 Å². The van der Waals surface area contributed by atoms with Crippen LogP contribution in [-0.2, 0) is 4.79 Å². The molecule has 2 unspecified atom stereocenters. The Morgan fingerprint density at radius 2 is 1.85 bits per heavy atom. The van der Waals surface area contributed by atoms with Gasteiger partial charge in [-0.3, -0.25) is 14.5 Å². The SMILES string of the molecule is CC(=O)NCCCCC1CN(C(=O)c2cccc3ccccc23)CCN1CC(N)CS.Cl.Cl. The number of hydrogen-bond donors (Lipinski definition) is 3. The zero-order valence-electron chi connectivity index (χ0n) is 19.1. The van der Waals surface area contributed by atoms with Gasteiger partial charge in [-0.15, -0.1) is 24.8 Å². The molecule has 1 fully saturated rings. The van der Waals surface area contributed by atoms with Crippen LogP contribution < -0.4 is 11.1 Å². The van der Waals surface area contributed by atoms with E-state index in [2.05, 4.69) is 22.8 Å². The van der Waals surface area contributed by atoms with Crippen molar-refractivity contribution < 1.29 is 9.59 Å². The number of fused-ring (bicyclic) bond motifs is 1. The third-order valence-electron chi connectivity index (χ3n) is 5.95. The zero-order valence-corrected chi connectivity index (χ0v) is 21.6. The van der Waals surface area contributed by atoms with Gasteiger partial charge in [0.15, 0.2) is 0 Å². The van der Waals surface area contributed by atoms with E-state index in [1.807, 2.05) is 47.4 Å². The lowest BCUT2D eigenvalue weighted by Crippen LogP contribution is -2.57. The molecular weight excluding hydrogens is 479 g/mol. The molecule has 2 amide bonds. The van der Waals surface area contributed by atoms with Crippen LogP contribution in [0.15, 0.2) is 42.5 Å². The maximum absolute atomic E-state index is 13.4. The number of rotatable bonds is 9. The van der Waals surface area contributed by atoms with Gasteiger partial charge in [-0.25, -0.2) is 0 Å². The molecule has 33 heavy (non-hydrogen) atoms. The van der Waals surface area contributed by atoms with E-state index in [9.17, 15) is 9.59 Å². The molecule has 2 aromatic rings. The van der Waals surface area contributed by atoms with Crippen LogP contribution in [0.1, 0.15) is 36.5 Å². The molecule has 2 atom stereocenters. The molecule has 1 saturated heterocycles. The van der Waals surface area contributed by atoms with Gasteiger partial charge in [0, 0.05) is 63.0 Å². The highest BCUT2D eigenvalue weighted by Crippen LogP contribution is 2.23. The summed E-state index contributed by atoms with van der Waals surface area (Å²) in [5.41, 5.74) is 6.94. The van der Waals surface area contributed by atoms with E-state index in [4.69, 9.17) is 5.73 Å². The van der Waals surface area contributed by atoms with Crippen molar-refractivity contribution in [3.63, 3.8) is 0 Å². The van der Waals surface area contributed by atoms with Gasteiger partial charge in [-0.2, -0.15) is 12.6 Å². The number of nitrogens with zero attached hydrogens (tertiary/aromatic N) is 2. The van der Waals surface area contributed by atoms with Crippen LogP contribution in [0.2, 0.25) is 0 Å². The van der Waals surface area contributed by atoms with Gasteiger partial charge >= 0.3 is 0 Å². The predicted molar refractivity (Wildman–Crippen MR) is 144 cm³/mol. The molecule has 0 aliphatic carbocycles. The summed E-state index contributed by atoms with van der Waals surface area (Å²) in [5, 5.41) is 4.94. The van der Waals surface area contributed by atoms with Gasteiger partial charge in [0.25, 0.3) is 5.91 Å². The first kappa shape index (κ1) is 29.5. The molecule has 6 nitrogen and oxygen atoms in total. The fraction of sp³-hybridized carbons (Fsp3) is 0.500. The highest BCUT2D eigenvalue weighted by Gasteiger charge is 2.30. The number of carbonyl (C=O) groups excluding carboxylic acids is 2. The molecule has 9 heteroatoms. The number of nitrogens with one attached hydrogen (secondary N) is 1. The Balaban J connectivity index is 0.00000272. The second kappa shape index (κ2) is 14.7. The quantitative estimate of drug-likeness (QED) is 0.354. The minimum atomic E-state index is 0. The molecule has 0 aromatic heterocycles. The molecule has 2 aromatic carbocycles.